The molecule has 1 amide bonds. The minimum atomic E-state index is -0.195. The van der Waals surface area contributed by atoms with Crippen LogP contribution in [0.15, 0.2) is 67.4 Å². The van der Waals surface area contributed by atoms with Gasteiger partial charge < -0.3 is 19.5 Å². The van der Waals surface area contributed by atoms with E-state index in [2.05, 4.69) is 16.9 Å². The number of allylic oxidation sites excluding steroid dienone is 1. The van der Waals surface area contributed by atoms with Gasteiger partial charge in [-0.15, -0.1) is 6.58 Å². The number of nitrogens with one attached hydrogen (secondary N) is 1. The van der Waals surface area contributed by atoms with E-state index in [0.29, 0.717) is 31.1 Å². The molecule has 156 valence electrons. The van der Waals surface area contributed by atoms with Gasteiger partial charge in [-0.3, -0.25) is 9.78 Å². The number of carbonyl (C=O) groups excluding carboxylic acids is 1. The molecule has 0 aliphatic rings. The molecular formula is C24H26N2O4. The Morgan fingerprint density at radius 2 is 1.97 bits per heavy atom. The van der Waals surface area contributed by atoms with Gasteiger partial charge in [-0.05, 0) is 42.7 Å². The fourth-order valence-corrected chi connectivity index (χ4v) is 2.99. The highest BCUT2D eigenvalue weighted by molar-refractivity contribution is 5.84. The lowest BCUT2D eigenvalue weighted by Gasteiger charge is -2.12. The number of hydrogen-bond acceptors (Lipinski definition) is 5. The van der Waals surface area contributed by atoms with Crippen molar-refractivity contribution >= 4 is 16.8 Å². The third-order valence-corrected chi connectivity index (χ3v) is 4.46. The molecule has 6 nitrogen and oxygen atoms in total. The normalized spacial score (nSPS) is 10.4. The molecule has 0 unspecified atom stereocenters. The van der Waals surface area contributed by atoms with Crippen molar-refractivity contribution in [2.45, 2.75) is 12.8 Å². The van der Waals surface area contributed by atoms with Crippen molar-refractivity contribution in [2.75, 3.05) is 26.9 Å². The predicted molar refractivity (Wildman–Crippen MR) is 117 cm³/mol. The molecule has 30 heavy (non-hydrogen) atoms. The standard InChI is InChI=1S/C24H26N2O4/c1-3-7-18-11-12-20(22(16-18)28-2)30-17-23(27)25-14-6-15-29-21-10-4-8-19-9-5-13-26-24(19)21/h3-5,8-13,16H,1,6-7,14-15,17H2,2H3,(H,25,27). The molecule has 1 aromatic heterocycles. The number of rotatable bonds is 11. The summed E-state index contributed by atoms with van der Waals surface area (Å²) in [4.78, 5) is 16.4. The Bertz CT molecular complexity index is 998. The molecule has 0 spiro atoms. The summed E-state index contributed by atoms with van der Waals surface area (Å²) < 4.78 is 16.8. The van der Waals surface area contributed by atoms with Crippen LogP contribution in [0.4, 0.5) is 0 Å². The van der Waals surface area contributed by atoms with Gasteiger partial charge in [0.25, 0.3) is 5.91 Å². The van der Waals surface area contributed by atoms with E-state index in [4.69, 9.17) is 14.2 Å². The first kappa shape index (κ1) is 21.2. The van der Waals surface area contributed by atoms with Crippen LogP contribution in [0.2, 0.25) is 0 Å². The van der Waals surface area contributed by atoms with Crippen LogP contribution in [0.25, 0.3) is 10.9 Å². The van der Waals surface area contributed by atoms with Crippen molar-refractivity contribution in [3.05, 3.63) is 72.9 Å². The maximum Gasteiger partial charge on any atom is 0.257 e. The van der Waals surface area contributed by atoms with Gasteiger partial charge in [0.1, 0.15) is 11.3 Å². The average molecular weight is 406 g/mol. The van der Waals surface area contributed by atoms with E-state index >= 15 is 0 Å². The van der Waals surface area contributed by atoms with Gasteiger partial charge in [0.15, 0.2) is 18.1 Å². The SMILES string of the molecule is C=CCc1ccc(OCC(=O)NCCCOc2cccc3cccnc23)c(OC)c1. The van der Waals surface area contributed by atoms with Crippen LogP contribution in [0, 0.1) is 0 Å². The van der Waals surface area contributed by atoms with Gasteiger partial charge in [-0.2, -0.15) is 0 Å². The molecule has 0 bridgehead atoms. The molecule has 3 aromatic rings. The molecule has 3 rings (SSSR count). The first-order valence-corrected chi connectivity index (χ1v) is 9.85. The zero-order valence-corrected chi connectivity index (χ0v) is 17.1. The number of methoxy groups -OCH3 is 1. The molecule has 1 N–H and O–H groups in total. The Hall–Kier alpha value is -3.54. The largest absolute Gasteiger partial charge is 0.493 e. The summed E-state index contributed by atoms with van der Waals surface area (Å²) in [7, 11) is 1.57. The maximum atomic E-state index is 12.1. The Morgan fingerprint density at radius 3 is 2.80 bits per heavy atom. The molecule has 0 radical (unpaired) electrons. The fourth-order valence-electron chi connectivity index (χ4n) is 2.99. The predicted octanol–water partition coefficient (Wildman–Crippen LogP) is 3.94. The first-order chi connectivity index (χ1) is 14.7. The third-order valence-electron chi connectivity index (χ3n) is 4.46. The number of nitrogens with zero attached hydrogens (tertiary/aromatic N) is 1. The summed E-state index contributed by atoms with van der Waals surface area (Å²) in [5, 5.41) is 3.87. The molecule has 6 heteroatoms. The smallest absolute Gasteiger partial charge is 0.257 e. The van der Waals surface area contributed by atoms with E-state index in [1.165, 1.54) is 0 Å². The number of para-hydroxylation sites is 1. The van der Waals surface area contributed by atoms with Crippen molar-refractivity contribution in [3.8, 4) is 17.2 Å². The van der Waals surface area contributed by atoms with Gasteiger partial charge in [-0.25, -0.2) is 0 Å². The molecule has 0 atom stereocenters. The number of ether oxygens (including phenoxy) is 3. The van der Waals surface area contributed by atoms with Crippen LogP contribution in [-0.2, 0) is 11.2 Å². The zero-order chi connectivity index (χ0) is 21.2. The Morgan fingerprint density at radius 1 is 1.10 bits per heavy atom. The molecule has 0 aliphatic heterocycles. The monoisotopic (exact) mass is 406 g/mol. The van der Waals surface area contributed by atoms with Crippen LogP contribution in [-0.4, -0.2) is 37.8 Å². The third kappa shape index (κ3) is 5.73. The number of pyridine rings is 1. The molecule has 0 saturated heterocycles. The van der Waals surface area contributed by atoms with Crippen LogP contribution in [0.5, 0.6) is 17.2 Å². The lowest BCUT2D eigenvalue weighted by molar-refractivity contribution is -0.123. The quantitative estimate of drug-likeness (QED) is 0.386. The van der Waals surface area contributed by atoms with Crippen molar-refractivity contribution in [1.82, 2.24) is 10.3 Å². The van der Waals surface area contributed by atoms with Crippen LogP contribution in [0.1, 0.15) is 12.0 Å². The summed E-state index contributed by atoms with van der Waals surface area (Å²) >= 11 is 0. The second kappa shape index (κ2) is 10.9. The van der Waals surface area contributed by atoms with E-state index in [1.54, 1.807) is 19.4 Å². The number of carbonyl (C=O) groups is 1. The number of amides is 1. The summed E-state index contributed by atoms with van der Waals surface area (Å²) in [6, 6.07) is 15.3. The molecular weight excluding hydrogens is 380 g/mol. The Balaban J connectivity index is 1.39. The van der Waals surface area contributed by atoms with Crippen LogP contribution >= 0.6 is 0 Å². The van der Waals surface area contributed by atoms with E-state index in [1.807, 2.05) is 48.5 Å². The number of hydrogen-bond donors (Lipinski definition) is 1. The number of fused-ring (bicyclic) bond motifs is 1. The molecule has 2 aromatic carbocycles. The zero-order valence-electron chi connectivity index (χ0n) is 17.1. The van der Waals surface area contributed by atoms with Crippen molar-refractivity contribution in [2.24, 2.45) is 0 Å². The fraction of sp³-hybridized carbons (Fsp3) is 0.250. The summed E-state index contributed by atoms with van der Waals surface area (Å²) in [5.41, 5.74) is 1.91. The second-order valence-electron chi connectivity index (χ2n) is 6.65. The second-order valence-corrected chi connectivity index (χ2v) is 6.65. The number of aromatic nitrogens is 1. The molecule has 0 fully saturated rings. The van der Waals surface area contributed by atoms with E-state index < -0.39 is 0 Å². The highest BCUT2D eigenvalue weighted by Gasteiger charge is 2.08. The van der Waals surface area contributed by atoms with Gasteiger partial charge in [-0.1, -0.05) is 30.3 Å². The molecule has 0 aliphatic carbocycles. The van der Waals surface area contributed by atoms with Gasteiger partial charge in [0.05, 0.1) is 13.7 Å². The van der Waals surface area contributed by atoms with E-state index in [0.717, 1.165) is 28.6 Å². The van der Waals surface area contributed by atoms with Gasteiger partial charge in [0.2, 0.25) is 0 Å². The average Bonchev–Trinajstić information content (AvgIpc) is 2.78. The van der Waals surface area contributed by atoms with Crippen LogP contribution in [0.3, 0.4) is 0 Å². The van der Waals surface area contributed by atoms with Gasteiger partial charge >= 0.3 is 0 Å². The lowest BCUT2D eigenvalue weighted by atomic mass is 10.1. The molecule has 0 saturated carbocycles. The first-order valence-electron chi connectivity index (χ1n) is 9.85. The minimum absolute atomic E-state index is 0.0781. The van der Waals surface area contributed by atoms with Gasteiger partial charge in [0, 0.05) is 18.1 Å². The minimum Gasteiger partial charge on any atom is -0.493 e. The Labute approximate surface area is 176 Å². The maximum absolute atomic E-state index is 12.1. The summed E-state index contributed by atoms with van der Waals surface area (Å²) in [6.07, 6.45) is 4.99. The topological polar surface area (TPSA) is 69.7 Å². The Kier molecular flexibility index (Phi) is 7.66. The summed E-state index contributed by atoms with van der Waals surface area (Å²) in [5.74, 6) is 1.68. The summed E-state index contributed by atoms with van der Waals surface area (Å²) in [6.45, 7) is 4.63. The molecule has 1 heterocycles. The van der Waals surface area contributed by atoms with Crippen molar-refractivity contribution in [3.63, 3.8) is 0 Å². The number of benzene rings is 2. The lowest BCUT2D eigenvalue weighted by Crippen LogP contribution is -2.30. The van der Waals surface area contributed by atoms with Crippen molar-refractivity contribution in [1.29, 1.82) is 0 Å². The highest BCUT2D eigenvalue weighted by Crippen LogP contribution is 2.28. The van der Waals surface area contributed by atoms with Crippen molar-refractivity contribution < 1.29 is 19.0 Å². The van der Waals surface area contributed by atoms with Crippen LogP contribution < -0.4 is 19.5 Å². The highest BCUT2D eigenvalue weighted by atomic mass is 16.5. The van der Waals surface area contributed by atoms with E-state index in [9.17, 15) is 4.79 Å². The van der Waals surface area contributed by atoms with E-state index in [-0.39, 0.29) is 12.5 Å².